The fourth-order valence-corrected chi connectivity index (χ4v) is 10.5. The molecule has 0 radical (unpaired) electrons. The number of carbonyl (C=O) groups excluding carboxylic acids is 1. The number of Topliss-reactive ketones (excluding diaryl/α,β-unsaturated/α-hetero) is 1. The topological polar surface area (TPSA) is 276 Å². The molecule has 468 valence electrons. The van der Waals surface area contributed by atoms with Crippen LogP contribution < -0.4 is 45.0 Å². The number of fused-ring (bicyclic) bond motifs is 2. The second-order valence-electron chi connectivity index (χ2n) is 21.8. The number of nitrogen functional groups attached to an aromatic ring is 1. The summed E-state index contributed by atoms with van der Waals surface area (Å²) in [5, 5.41) is 19.4. The van der Waals surface area contributed by atoms with Gasteiger partial charge in [-0.15, -0.1) is 0 Å². The molecule has 3 N–H and O–H groups in total. The Kier molecular flexibility index (Phi) is 20.6. The second kappa shape index (κ2) is 29.6. The lowest BCUT2D eigenvalue weighted by molar-refractivity contribution is 0.0592. The van der Waals surface area contributed by atoms with Gasteiger partial charge in [0.2, 0.25) is 16.6 Å². The number of aromatic nitrogens is 8. The lowest BCUT2D eigenvalue weighted by Gasteiger charge is -2.23. The maximum atomic E-state index is 13.6. The molecular weight excluding hydrogens is 1160 g/mol. The van der Waals surface area contributed by atoms with Crippen LogP contribution in [0, 0.1) is 25.7 Å². The quantitative estimate of drug-likeness (QED) is 0.0755. The van der Waals surface area contributed by atoms with Gasteiger partial charge in [-0.1, -0.05) is 59.7 Å². The van der Waals surface area contributed by atoms with Crippen molar-refractivity contribution >= 4 is 39.4 Å². The highest BCUT2D eigenvalue weighted by Crippen LogP contribution is 2.39. The van der Waals surface area contributed by atoms with Crippen LogP contribution in [0.25, 0.3) is 44.1 Å². The number of hydrogen-bond donors (Lipinski definition) is 2. The van der Waals surface area contributed by atoms with E-state index in [0.29, 0.717) is 131 Å². The number of pyridine rings is 4. The predicted molar refractivity (Wildman–Crippen MR) is 342 cm³/mol. The third-order valence-corrected chi connectivity index (χ3v) is 15.5. The van der Waals surface area contributed by atoms with Gasteiger partial charge in [-0.2, -0.15) is 10.2 Å². The van der Waals surface area contributed by atoms with Crippen molar-refractivity contribution in [1.29, 1.82) is 0 Å². The molecule has 8 heterocycles. The van der Waals surface area contributed by atoms with Crippen molar-refractivity contribution in [2.75, 3.05) is 60.6 Å². The van der Waals surface area contributed by atoms with E-state index in [-0.39, 0.29) is 17.5 Å². The van der Waals surface area contributed by atoms with Crippen molar-refractivity contribution in [1.82, 2.24) is 39.5 Å². The molecule has 0 spiro atoms. The highest BCUT2D eigenvalue weighted by atomic mass is 16.5. The highest BCUT2D eigenvalue weighted by Gasteiger charge is 2.24. The summed E-state index contributed by atoms with van der Waals surface area (Å²) >= 11 is 0. The van der Waals surface area contributed by atoms with Gasteiger partial charge in [-0.3, -0.25) is 38.7 Å². The minimum Gasteiger partial charge on any atom is -0.493 e. The predicted octanol–water partition coefficient (Wildman–Crippen LogP) is 11.2. The Balaban J connectivity index is 0.000000166. The van der Waals surface area contributed by atoms with Crippen molar-refractivity contribution in [3.8, 4) is 68.2 Å². The molecule has 22 heteroatoms. The van der Waals surface area contributed by atoms with Gasteiger partial charge in [0, 0.05) is 104 Å². The Morgan fingerprint density at radius 3 is 1.38 bits per heavy atom. The van der Waals surface area contributed by atoms with Crippen molar-refractivity contribution in [3.05, 3.63) is 195 Å². The zero-order valence-corrected chi connectivity index (χ0v) is 51.3. The number of methoxy groups -OCH3 is 4. The molecule has 0 atom stereocenters. The lowest BCUT2D eigenvalue weighted by atomic mass is 10.00. The van der Waals surface area contributed by atoms with Crippen LogP contribution in [0.2, 0.25) is 0 Å². The van der Waals surface area contributed by atoms with E-state index >= 15 is 0 Å². The standard InChI is InChI=1S/C35H34N4O6.C18H20N2O4.C16H15N3O3/c1-22-4-6-24(7-5-22)28-21-39(20-23-11-14-44-15-12-23)38-34(35(28)41)30(40)16-25-8-9-26(19-37-25)45-31-10-13-36-29-18-33(43-3)32(42-2)17-27(29)31;1-12-2-4-14(5-3-12)15-11-20(10-13-6-8-24-9-7-13)19-16(17(15)21)18(22)23;1-20-14-7-11-12(8-15(14)21-2)18-6-5-13(11)22-10-3-4-16(17)19-9-10/h4-10,13,17-19,21,23H,11-12,14-16,20H2,1-3H3;2-5,11,13H,6-10H2,1H3,(H,22,23);3-9H,1-2H3,(H2,17,19). The molecule has 2 fully saturated rings. The van der Waals surface area contributed by atoms with Crippen LogP contribution in [0.5, 0.6) is 46.0 Å². The number of carboxylic acids is 1. The third kappa shape index (κ3) is 15.8. The van der Waals surface area contributed by atoms with Gasteiger partial charge < -0.3 is 48.7 Å². The molecule has 10 aromatic rings. The third-order valence-electron chi connectivity index (χ3n) is 15.5. The summed E-state index contributed by atoms with van der Waals surface area (Å²) < 4.78 is 47.6. The fraction of sp³-hybridized carbons (Fsp3) is 0.275. The minimum absolute atomic E-state index is 0.0771. The molecule has 6 aromatic heterocycles. The Morgan fingerprint density at radius 2 is 0.967 bits per heavy atom. The van der Waals surface area contributed by atoms with Gasteiger partial charge in [0.05, 0.1) is 58.3 Å². The van der Waals surface area contributed by atoms with E-state index in [1.54, 1.807) is 117 Å². The molecule has 2 aliphatic rings. The van der Waals surface area contributed by atoms with E-state index < -0.39 is 22.9 Å². The summed E-state index contributed by atoms with van der Waals surface area (Å²) in [6, 6.07) is 32.8. The number of rotatable bonds is 18. The van der Waals surface area contributed by atoms with Gasteiger partial charge in [0.15, 0.2) is 34.5 Å². The Morgan fingerprint density at radius 1 is 0.538 bits per heavy atom. The van der Waals surface area contributed by atoms with Crippen LogP contribution >= 0.6 is 0 Å². The van der Waals surface area contributed by atoms with E-state index in [2.05, 4.69) is 30.1 Å². The highest BCUT2D eigenvalue weighted by molar-refractivity contribution is 5.96. The number of nitrogens with zero attached hydrogens (tertiary/aromatic N) is 8. The molecule has 0 bridgehead atoms. The summed E-state index contributed by atoms with van der Waals surface area (Å²) in [6.07, 6.45) is 13.4. The van der Waals surface area contributed by atoms with Crippen molar-refractivity contribution in [3.63, 3.8) is 0 Å². The number of benzene rings is 4. The summed E-state index contributed by atoms with van der Waals surface area (Å²) in [5.74, 6) is 4.14. The summed E-state index contributed by atoms with van der Waals surface area (Å²) in [5.41, 5.74) is 10.5. The van der Waals surface area contributed by atoms with Crippen LogP contribution in [0.3, 0.4) is 0 Å². The van der Waals surface area contributed by atoms with E-state index in [9.17, 15) is 24.3 Å². The van der Waals surface area contributed by atoms with Crippen LogP contribution in [0.15, 0.2) is 156 Å². The Bertz CT molecular complexity index is 4300. The average Bonchev–Trinajstić information content (AvgIpc) is 1.12. The number of nitrogens with two attached hydrogens (primary N) is 1. The van der Waals surface area contributed by atoms with Crippen LogP contribution in [-0.2, 0) is 29.0 Å². The first-order chi connectivity index (χ1) is 44.2. The van der Waals surface area contributed by atoms with E-state index in [1.165, 1.54) is 0 Å². The first kappa shape index (κ1) is 63.4. The molecule has 4 aromatic carbocycles. The number of carbonyl (C=O) groups is 2. The van der Waals surface area contributed by atoms with Crippen molar-refractivity contribution < 1.29 is 52.6 Å². The fourth-order valence-electron chi connectivity index (χ4n) is 10.5. The van der Waals surface area contributed by atoms with Gasteiger partial charge in [0.1, 0.15) is 28.8 Å². The largest absolute Gasteiger partial charge is 0.493 e. The summed E-state index contributed by atoms with van der Waals surface area (Å²) in [4.78, 5) is 68.2. The van der Waals surface area contributed by atoms with E-state index in [1.807, 2.05) is 80.6 Å². The Labute approximate surface area is 524 Å². The molecule has 2 aliphatic heterocycles. The molecule has 91 heavy (non-hydrogen) atoms. The summed E-state index contributed by atoms with van der Waals surface area (Å²) in [7, 11) is 6.32. The maximum absolute atomic E-state index is 13.6. The van der Waals surface area contributed by atoms with E-state index in [0.717, 1.165) is 58.7 Å². The van der Waals surface area contributed by atoms with Gasteiger partial charge in [-0.25, -0.2) is 9.78 Å². The Hall–Kier alpha value is -10.6. The monoisotopic (exact) mass is 1230 g/mol. The maximum Gasteiger partial charge on any atom is 0.360 e. The lowest BCUT2D eigenvalue weighted by Crippen LogP contribution is -2.28. The first-order valence-electron chi connectivity index (χ1n) is 29.5. The molecule has 12 rings (SSSR count). The number of ether oxygens (including phenoxy) is 8. The molecule has 0 unspecified atom stereocenters. The van der Waals surface area contributed by atoms with Crippen molar-refractivity contribution in [2.45, 2.75) is 59.0 Å². The smallest absolute Gasteiger partial charge is 0.360 e. The first-order valence-corrected chi connectivity index (χ1v) is 29.5. The molecule has 22 nitrogen and oxygen atoms in total. The molecule has 0 saturated carbocycles. The SMILES string of the molecule is COc1cc2nccc(Oc3ccc(CC(=O)c4nn(CC5CCOCC5)cc(-c5ccc(C)cc5)c4=O)nc3)c2cc1OC.COc1cc2nccc(Oc3ccc(N)nc3)c2cc1OC.Cc1ccc(-c2cn(CC3CCOCC3)nc(C(=O)O)c2=O)cc1. The molecule has 0 aliphatic carbocycles. The van der Waals surface area contributed by atoms with Crippen LogP contribution in [0.4, 0.5) is 5.82 Å². The van der Waals surface area contributed by atoms with Crippen molar-refractivity contribution in [2.24, 2.45) is 11.8 Å². The van der Waals surface area contributed by atoms with Crippen LogP contribution in [-0.4, -0.2) is 111 Å². The van der Waals surface area contributed by atoms with Gasteiger partial charge in [-0.05, 0) is 111 Å². The number of carboxylic acid groups (broad SMARTS) is 1. The van der Waals surface area contributed by atoms with E-state index in [4.69, 9.17) is 43.6 Å². The molecule has 0 amide bonds. The number of anilines is 1. The van der Waals surface area contributed by atoms with Gasteiger partial charge >= 0.3 is 5.97 Å². The summed E-state index contributed by atoms with van der Waals surface area (Å²) in [6.45, 7) is 7.97. The number of aryl methyl sites for hydroxylation is 2. The van der Waals surface area contributed by atoms with Crippen LogP contribution in [0.1, 0.15) is 63.5 Å². The molecule has 2 saturated heterocycles. The zero-order chi connectivity index (χ0) is 64.0. The normalized spacial score (nSPS) is 13.3. The zero-order valence-electron chi connectivity index (χ0n) is 51.3. The number of ketones is 1. The minimum atomic E-state index is -1.30. The molecular formula is C69H69N9O13. The number of hydrogen-bond acceptors (Lipinski definition) is 19. The second-order valence-corrected chi connectivity index (χ2v) is 21.8. The average molecular weight is 1230 g/mol. The number of aromatic carboxylic acids is 1. The van der Waals surface area contributed by atoms with Gasteiger partial charge in [0.25, 0.3) is 0 Å².